The van der Waals surface area contributed by atoms with Crippen LogP contribution in [0.5, 0.6) is 0 Å². The number of aryl methyl sites for hydroxylation is 1. The molecule has 0 aliphatic carbocycles. The highest BCUT2D eigenvalue weighted by atomic mass is 35.5. The molecule has 0 aliphatic heterocycles. The van der Waals surface area contributed by atoms with Gasteiger partial charge in [-0.25, -0.2) is 13.1 Å². The van der Waals surface area contributed by atoms with Gasteiger partial charge in [0, 0.05) is 36.8 Å². The number of hydrogen-bond donors (Lipinski definition) is 2. The Labute approximate surface area is 151 Å². The zero-order chi connectivity index (χ0) is 18.4. The fraction of sp³-hybridized carbons (Fsp3) is 0.250. The quantitative estimate of drug-likeness (QED) is 0.414. The molecule has 0 aromatic heterocycles. The normalized spacial score (nSPS) is 11.4. The predicted molar refractivity (Wildman–Crippen MR) is 96.2 cm³/mol. The Morgan fingerprint density at radius 1 is 1.12 bits per heavy atom. The number of halogens is 1. The van der Waals surface area contributed by atoms with E-state index < -0.39 is 14.9 Å². The molecular formula is C16H18ClN3O4S. The maximum absolute atomic E-state index is 12.1. The highest BCUT2D eigenvalue weighted by Gasteiger charge is 2.13. The van der Waals surface area contributed by atoms with Gasteiger partial charge in [-0.05, 0) is 30.7 Å². The molecule has 134 valence electrons. The number of hydrogen-bond acceptors (Lipinski definition) is 5. The summed E-state index contributed by atoms with van der Waals surface area (Å²) in [5, 5.41) is 14.2. The number of nitro groups is 1. The first-order chi connectivity index (χ1) is 11.8. The second kappa shape index (κ2) is 8.39. The van der Waals surface area contributed by atoms with Gasteiger partial charge in [0.2, 0.25) is 10.0 Å². The molecule has 0 saturated carbocycles. The van der Waals surface area contributed by atoms with Crippen LogP contribution in [0.4, 0.5) is 5.69 Å². The van der Waals surface area contributed by atoms with Crippen molar-refractivity contribution in [2.45, 2.75) is 18.4 Å². The summed E-state index contributed by atoms with van der Waals surface area (Å²) in [5.41, 5.74) is 1.52. The molecule has 0 saturated heterocycles. The molecule has 0 fully saturated rings. The molecule has 0 radical (unpaired) electrons. The second-order valence-electron chi connectivity index (χ2n) is 5.42. The lowest BCUT2D eigenvalue weighted by Crippen LogP contribution is -2.31. The van der Waals surface area contributed by atoms with Crippen molar-refractivity contribution in [2.75, 3.05) is 13.1 Å². The summed E-state index contributed by atoms with van der Waals surface area (Å²) in [5.74, 6) is 0. The number of nitrogens with one attached hydrogen (secondary N) is 2. The average molecular weight is 384 g/mol. The van der Waals surface area contributed by atoms with Gasteiger partial charge < -0.3 is 5.32 Å². The average Bonchev–Trinajstić information content (AvgIpc) is 2.56. The largest absolute Gasteiger partial charge is 0.311 e. The third-order valence-electron chi connectivity index (χ3n) is 3.48. The number of non-ortho nitro benzene ring substituents is 1. The van der Waals surface area contributed by atoms with E-state index in [1.807, 2.05) is 6.92 Å². The Kier molecular flexibility index (Phi) is 6.49. The smallest absolute Gasteiger partial charge is 0.269 e. The van der Waals surface area contributed by atoms with Crippen molar-refractivity contribution in [1.82, 2.24) is 10.0 Å². The molecule has 25 heavy (non-hydrogen) atoms. The Morgan fingerprint density at radius 3 is 2.44 bits per heavy atom. The van der Waals surface area contributed by atoms with Gasteiger partial charge in [-0.3, -0.25) is 10.1 Å². The van der Waals surface area contributed by atoms with Crippen molar-refractivity contribution in [3.8, 4) is 0 Å². The molecule has 0 unspecified atom stereocenters. The number of nitro benzene ring substituents is 1. The molecule has 7 nitrogen and oxygen atoms in total. The molecule has 2 aromatic rings. The van der Waals surface area contributed by atoms with E-state index in [0.717, 1.165) is 5.56 Å². The van der Waals surface area contributed by atoms with Crippen molar-refractivity contribution in [1.29, 1.82) is 0 Å². The van der Waals surface area contributed by atoms with E-state index in [1.165, 1.54) is 18.2 Å². The molecule has 0 aliphatic rings. The number of rotatable bonds is 8. The van der Waals surface area contributed by atoms with E-state index in [2.05, 4.69) is 10.0 Å². The zero-order valence-corrected chi connectivity index (χ0v) is 15.1. The first kappa shape index (κ1) is 19.3. The van der Waals surface area contributed by atoms with Crippen LogP contribution in [-0.2, 0) is 16.6 Å². The molecule has 9 heteroatoms. The van der Waals surface area contributed by atoms with Gasteiger partial charge in [0.05, 0.1) is 9.82 Å². The Bertz CT molecular complexity index is 854. The first-order valence-corrected chi connectivity index (χ1v) is 9.35. The monoisotopic (exact) mass is 383 g/mol. The molecule has 2 aromatic carbocycles. The van der Waals surface area contributed by atoms with Gasteiger partial charge >= 0.3 is 0 Å². The highest BCUT2D eigenvalue weighted by Crippen LogP contribution is 2.21. The minimum Gasteiger partial charge on any atom is -0.311 e. The third-order valence-corrected chi connectivity index (χ3v) is 5.33. The molecule has 0 spiro atoms. The van der Waals surface area contributed by atoms with Crippen molar-refractivity contribution < 1.29 is 13.3 Å². The van der Waals surface area contributed by atoms with Gasteiger partial charge in [-0.1, -0.05) is 29.3 Å². The van der Waals surface area contributed by atoms with Gasteiger partial charge in [0.1, 0.15) is 0 Å². The minimum atomic E-state index is -3.55. The standard InChI is InChI=1S/C16H18ClN3O4S/c1-12-2-5-15(6-3-12)25(23,24)19-9-8-18-11-13-10-14(20(21)22)4-7-16(13)17/h2-7,10,18-19H,8-9,11H2,1H3. The van der Waals surface area contributed by atoms with Crippen LogP contribution in [0.3, 0.4) is 0 Å². The molecule has 0 bridgehead atoms. The number of sulfonamides is 1. The van der Waals surface area contributed by atoms with Gasteiger partial charge in [0.25, 0.3) is 5.69 Å². The molecule has 0 atom stereocenters. The van der Waals surface area contributed by atoms with E-state index in [1.54, 1.807) is 24.3 Å². The maximum atomic E-state index is 12.1. The van der Waals surface area contributed by atoms with E-state index >= 15 is 0 Å². The second-order valence-corrected chi connectivity index (χ2v) is 7.59. The van der Waals surface area contributed by atoms with Crippen molar-refractivity contribution >= 4 is 27.3 Å². The fourth-order valence-corrected chi connectivity index (χ4v) is 3.32. The summed E-state index contributed by atoms with van der Waals surface area (Å²) in [6.45, 7) is 2.71. The summed E-state index contributed by atoms with van der Waals surface area (Å²) in [4.78, 5) is 10.5. The van der Waals surface area contributed by atoms with Crippen LogP contribution < -0.4 is 10.0 Å². The van der Waals surface area contributed by atoms with Gasteiger partial charge in [-0.15, -0.1) is 0 Å². The van der Waals surface area contributed by atoms with E-state index in [0.29, 0.717) is 23.7 Å². The fourth-order valence-electron chi connectivity index (χ4n) is 2.11. The zero-order valence-electron chi connectivity index (χ0n) is 13.5. The summed E-state index contributed by atoms with van der Waals surface area (Å²) in [7, 11) is -3.55. The lowest BCUT2D eigenvalue weighted by Gasteiger charge is -2.09. The topological polar surface area (TPSA) is 101 Å². The van der Waals surface area contributed by atoms with Crippen LogP contribution in [0.25, 0.3) is 0 Å². The van der Waals surface area contributed by atoms with E-state index in [9.17, 15) is 18.5 Å². The number of benzene rings is 2. The van der Waals surface area contributed by atoms with E-state index in [4.69, 9.17) is 11.6 Å². The van der Waals surface area contributed by atoms with Crippen LogP contribution in [0, 0.1) is 17.0 Å². The van der Waals surface area contributed by atoms with Gasteiger partial charge in [-0.2, -0.15) is 0 Å². The Hall–Kier alpha value is -2.00. The highest BCUT2D eigenvalue weighted by molar-refractivity contribution is 7.89. The van der Waals surface area contributed by atoms with Crippen molar-refractivity contribution in [3.05, 3.63) is 68.7 Å². The molecule has 0 heterocycles. The molecular weight excluding hydrogens is 366 g/mol. The molecule has 2 rings (SSSR count). The molecule has 0 amide bonds. The lowest BCUT2D eigenvalue weighted by molar-refractivity contribution is -0.384. The summed E-state index contributed by atoms with van der Waals surface area (Å²) >= 11 is 6.00. The summed E-state index contributed by atoms with van der Waals surface area (Å²) < 4.78 is 26.7. The van der Waals surface area contributed by atoms with Crippen molar-refractivity contribution in [3.63, 3.8) is 0 Å². The Balaban J connectivity index is 1.84. The lowest BCUT2D eigenvalue weighted by atomic mass is 10.2. The van der Waals surface area contributed by atoms with Crippen LogP contribution in [0.2, 0.25) is 5.02 Å². The third kappa shape index (κ3) is 5.50. The summed E-state index contributed by atoms with van der Waals surface area (Å²) in [6.07, 6.45) is 0. The molecule has 2 N–H and O–H groups in total. The van der Waals surface area contributed by atoms with Gasteiger partial charge in [0.15, 0.2) is 0 Å². The van der Waals surface area contributed by atoms with Crippen LogP contribution in [0.15, 0.2) is 47.4 Å². The van der Waals surface area contributed by atoms with Crippen LogP contribution in [-0.4, -0.2) is 26.4 Å². The predicted octanol–water partition coefficient (Wildman–Crippen LogP) is 2.62. The van der Waals surface area contributed by atoms with Crippen LogP contribution in [0.1, 0.15) is 11.1 Å². The minimum absolute atomic E-state index is 0.0405. The van der Waals surface area contributed by atoms with Crippen LogP contribution >= 0.6 is 11.6 Å². The Morgan fingerprint density at radius 2 is 1.80 bits per heavy atom. The van der Waals surface area contributed by atoms with Crippen molar-refractivity contribution in [2.24, 2.45) is 0 Å². The maximum Gasteiger partial charge on any atom is 0.269 e. The first-order valence-electron chi connectivity index (χ1n) is 7.49. The number of nitrogens with zero attached hydrogens (tertiary/aromatic N) is 1. The summed E-state index contributed by atoms with van der Waals surface area (Å²) in [6, 6.07) is 10.8. The SMILES string of the molecule is Cc1ccc(S(=O)(=O)NCCNCc2cc([N+](=O)[O-])ccc2Cl)cc1. The van der Waals surface area contributed by atoms with E-state index in [-0.39, 0.29) is 17.1 Å².